The maximum absolute atomic E-state index is 11.9. The molecule has 0 aliphatic rings. The first-order valence-electron chi connectivity index (χ1n) is 5.84. The Hall–Kier alpha value is -1.22. The number of nitrogens with one attached hydrogen (secondary N) is 2. The quantitative estimate of drug-likeness (QED) is 0.446. The van der Waals surface area contributed by atoms with Crippen LogP contribution in [0.1, 0.15) is 12.5 Å². The SMILES string of the molecule is CCNCCNS(=O)(=O)c1ccc([N+](=O)[O-])c(C)c1.Cl. The van der Waals surface area contributed by atoms with Crippen LogP contribution in [-0.2, 0) is 10.0 Å². The summed E-state index contributed by atoms with van der Waals surface area (Å²) >= 11 is 0. The minimum atomic E-state index is -3.62. The summed E-state index contributed by atoms with van der Waals surface area (Å²) in [6.45, 7) is 5.00. The number of benzene rings is 1. The molecule has 7 nitrogen and oxygen atoms in total. The summed E-state index contributed by atoms with van der Waals surface area (Å²) in [5.74, 6) is 0. The summed E-state index contributed by atoms with van der Waals surface area (Å²) < 4.78 is 26.3. The average molecular weight is 324 g/mol. The van der Waals surface area contributed by atoms with Crippen molar-refractivity contribution in [2.45, 2.75) is 18.7 Å². The number of likely N-dealkylation sites (N-methyl/N-ethyl adjacent to an activating group) is 1. The third kappa shape index (κ3) is 5.04. The normalized spacial score (nSPS) is 10.9. The monoisotopic (exact) mass is 323 g/mol. The van der Waals surface area contributed by atoms with Crippen molar-refractivity contribution < 1.29 is 13.3 Å². The van der Waals surface area contributed by atoms with E-state index in [4.69, 9.17) is 0 Å². The lowest BCUT2D eigenvalue weighted by atomic mass is 10.2. The van der Waals surface area contributed by atoms with Gasteiger partial charge in [0.1, 0.15) is 0 Å². The van der Waals surface area contributed by atoms with Gasteiger partial charge in [-0.15, -0.1) is 12.4 Å². The molecular formula is C11H18ClN3O4S. The average Bonchev–Trinajstić information content (AvgIpc) is 2.34. The van der Waals surface area contributed by atoms with E-state index in [-0.39, 0.29) is 29.5 Å². The van der Waals surface area contributed by atoms with Crippen LogP contribution in [0.4, 0.5) is 5.69 Å². The Bertz CT molecular complexity index is 563. The number of nitro groups is 1. The number of hydrogen-bond acceptors (Lipinski definition) is 5. The van der Waals surface area contributed by atoms with Crippen molar-refractivity contribution in [1.82, 2.24) is 10.0 Å². The van der Waals surface area contributed by atoms with Gasteiger partial charge in [-0.3, -0.25) is 10.1 Å². The number of nitrogens with zero attached hydrogens (tertiary/aromatic N) is 1. The van der Waals surface area contributed by atoms with Crippen LogP contribution in [0.3, 0.4) is 0 Å². The first kappa shape index (κ1) is 18.8. The molecule has 0 atom stereocenters. The van der Waals surface area contributed by atoms with Gasteiger partial charge in [0.05, 0.1) is 9.82 Å². The maximum Gasteiger partial charge on any atom is 0.272 e. The van der Waals surface area contributed by atoms with Gasteiger partial charge in [-0.2, -0.15) is 0 Å². The molecule has 1 aromatic carbocycles. The second kappa shape index (κ2) is 8.15. The topological polar surface area (TPSA) is 101 Å². The van der Waals surface area contributed by atoms with E-state index in [0.29, 0.717) is 12.1 Å². The van der Waals surface area contributed by atoms with E-state index in [9.17, 15) is 18.5 Å². The fourth-order valence-corrected chi connectivity index (χ4v) is 2.65. The van der Waals surface area contributed by atoms with Crippen LogP contribution in [-0.4, -0.2) is 33.0 Å². The Labute approximate surface area is 124 Å². The molecule has 0 saturated carbocycles. The molecule has 20 heavy (non-hydrogen) atoms. The number of nitro benzene ring substituents is 1. The summed E-state index contributed by atoms with van der Waals surface area (Å²) in [4.78, 5) is 10.2. The summed E-state index contributed by atoms with van der Waals surface area (Å²) in [7, 11) is -3.62. The van der Waals surface area contributed by atoms with Crippen LogP contribution in [0.2, 0.25) is 0 Å². The molecule has 0 spiro atoms. The van der Waals surface area contributed by atoms with Gasteiger partial charge in [0, 0.05) is 24.7 Å². The van der Waals surface area contributed by atoms with Crippen molar-refractivity contribution in [3.8, 4) is 0 Å². The molecule has 0 saturated heterocycles. The highest BCUT2D eigenvalue weighted by Gasteiger charge is 2.17. The second-order valence-electron chi connectivity index (χ2n) is 3.96. The molecule has 0 aromatic heterocycles. The number of rotatable bonds is 7. The lowest BCUT2D eigenvalue weighted by molar-refractivity contribution is -0.385. The van der Waals surface area contributed by atoms with Gasteiger partial charge >= 0.3 is 0 Å². The van der Waals surface area contributed by atoms with Crippen molar-refractivity contribution in [2.75, 3.05) is 19.6 Å². The van der Waals surface area contributed by atoms with Gasteiger partial charge in [0.25, 0.3) is 5.69 Å². The molecule has 0 unspecified atom stereocenters. The Balaban J connectivity index is 0.00000361. The Kier molecular flexibility index (Phi) is 7.66. The van der Waals surface area contributed by atoms with Gasteiger partial charge in [-0.05, 0) is 25.6 Å². The summed E-state index contributed by atoms with van der Waals surface area (Å²) in [6.07, 6.45) is 0. The highest BCUT2D eigenvalue weighted by molar-refractivity contribution is 7.89. The molecule has 9 heteroatoms. The van der Waals surface area contributed by atoms with Crippen LogP contribution >= 0.6 is 12.4 Å². The van der Waals surface area contributed by atoms with Crippen LogP contribution in [0.25, 0.3) is 0 Å². The molecule has 1 aromatic rings. The molecule has 1 rings (SSSR count). The Morgan fingerprint density at radius 2 is 1.95 bits per heavy atom. The predicted octanol–water partition coefficient (Wildman–Crippen LogP) is 1.21. The summed E-state index contributed by atoms with van der Waals surface area (Å²) in [5.41, 5.74) is 0.228. The number of halogens is 1. The summed E-state index contributed by atoms with van der Waals surface area (Å²) in [5, 5.41) is 13.7. The van der Waals surface area contributed by atoms with E-state index in [2.05, 4.69) is 10.0 Å². The summed E-state index contributed by atoms with van der Waals surface area (Å²) in [6, 6.07) is 3.74. The zero-order chi connectivity index (χ0) is 14.5. The van der Waals surface area contributed by atoms with Crippen LogP contribution in [0, 0.1) is 17.0 Å². The van der Waals surface area contributed by atoms with Crippen molar-refractivity contribution in [2.24, 2.45) is 0 Å². The third-order valence-corrected chi connectivity index (χ3v) is 3.98. The standard InChI is InChI=1S/C11H17N3O4S.ClH/c1-3-12-6-7-13-19(17,18)10-4-5-11(14(15)16)9(2)8-10;/h4-5,8,12-13H,3,6-7H2,1-2H3;1H. The third-order valence-electron chi connectivity index (χ3n) is 2.52. The van der Waals surface area contributed by atoms with Crippen LogP contribution in [0.15, 0.2) is 23.1 Å². The molecule has 0 aliphatic carbocycles. The molecule has 0 radical (unpaired) electrons. The van der Waals surface area contributed by atoms with E-state index >= 15 is 0 Å². The van der Waals surface area contributed by atoms with Gasteiger partial charge in [0.15, 0.2) is 0 Å². The van der Waals surface area contributed by atoms with E-state index in [1.807, 2.05) is 6.92 Å². The van der Waals surface area contributed by atoms with Crippen molar-refractivity contribution in [1.29, 1.82) is 0 Å². The highest BCUT2D eigenvalue weighted by atomic mass is 35.5. The second-order valence-corrected chi connectivity index (χ2v) is 5.72. The van der Waals surface area contributed by atoms with Gasteiger partial charge in [-0.25, -0.2) is 13.1 Å². The lowest BCUT2D eigenvalue weighted by Gasteiger charge is -2.07. The van der Waals surface area contributed by atoms with Gasteiger partial charge in [0.2, 0.25) is 10.0 Å². The molecule has 0 aliphatic heterocycles. The smallest absolute Gasteiger partial charge is 0.272 e. The van der Waals surface area contributed by atoms with Crippen molar-refractivity contribution >= 4 is 28.1 Å². The van der Waals surface area contributed by atoms with Gasteiger partial charge < -0.3 is 5.32 Å². The first-order chi connectivity index (χ1) is 8.88. The predicted molar refractivity (Wildman–Crippen MR) is 78.8 cm³/mol. The fraction of sp³-hybridized carbons (Fsp3) is 0.455. The van der Waals surface area contributed by atoms with Crippen LogP contribution in [0.5, 0.6) is 0 Å². The number of aryl methyl sites for hydroxylation is 1. The highest BCUT2D eigenvalue weighted by Crippen LogP contribution is 2.21. The fourth-order valence-electron chi connectivity index (χ4n) is 1.53. The van der Waals surface area contributed by atoms with E-state index in [0.717, 1.165) is 6.54 Å². The Morgan fingerprint density at radius 3 is 2.45 bits per heavy atom. The molecule has 2 N–H and O–H groups in total. The van der Waals surface area contributed by atoms with E-state index in [1.54, 1.807) is 0 Å². The van der Waals surface area contributed by atoms with Crippen molar-refractivity contribution in [3.05, 3.63) is 33.9 Å². The lowest BCUT2D eigenvalue weighted by Crippen LogP contribution is -2.31. The first-order valence-corrected chi connectivity index (χ1v) is 7.32. The minimum absolute atomic E-state index is 0. The van der Waals surface area contributed by atoms with Crippen molar-refractivity contribution in [3.63, 3.8) is 0 Å². The molecule has 0 heterocycles. The zero-order valence-corrected chi connectivity index (χ0v) is 12.9. The minimum Gasteiger partial charge on any atom is -0.316 e. The number of sulfonamides is 1. The molecule has 0 amide bonds. The zero-order valence-electron chi connectivity index (χ0n) is 11.3. The molecule has 114 valence electrons. The largest absolute Gasteiger partial charge is 0.316 e. The Morgan fingerprint density at radius 1 is 1.30 bits per heavy atom. The molecular weight excluding hydrogens is 306 g/mol. The molecule has 0 fully saturated rings. The maximum atomic E-state index is 11.9. The van der Waals surface area contributed by atoms with Crippen LogP contribution < -0.4 is 10.0 Å². The van der Waals surface area contributed by atoms with E-state index < -0.39 is 14.9 Å². The number of hydrogen-bond donors (Lipinski definition) is 2. The van der Waals surface area contributed by atoms with Gasteiger partial charge in [-0.1, -0.05) is 6.92 Å². The molecule has 0 bridgehead atoms. The van der Waals surface area contributed by atoms with E-state index in [1.165, 1.54) is 25.1 Å².